The third kappa shape index (κ3) is 2.12. The van der Waals surface area contributed by atoms with E-state index >= 15 is 0 Å². The molecule has 102 valence electrons. The van der Waals surface area contributed by atoms with E-state index < -0.39 is 0 Å². The molecule has 0 radical (unpaired) electrons. The summed E-state index contributed by atoms with van der Waals surface area (Å²) in [5, 5.41) is 0.915. The van der Waals surface area contributed by atoms with Crippen molar-refractivity contribution in [1.82, 2.24) is 14.5 Å². The lowest BCUT2D eigenvalue weighted by Crippen LogP contribution is -2.20. The number of nitrogens with two attached hydrogens (primary N) is 1. The van der Waals surface area contributed by atoms with Gasteiger partial charge in [-0.3, -0.25) is 4.57 Å². The van der Waals surface area contributed by atoms with Crippen LogP contribution in [-0.2, 0) is 0 Å². The van der Waals surface area contributed by atoms with E-state index in [1.807, 2.05) is 44.2 Å². The molecule has 2 heterocycles. The summed E-state index contributed by atoms with van der Waals surface area (Å²) in [5.74, 6) is 0. The molecule has 3 rings (SSSR count). The molecule has 0 saturated heterocycles. The van der Waals surface area contributed by atoms with Crippen molar-refractivity contribution >= 4 is 11.0 Å². The molecule has 0 bridgehead atoms. The normalized spacial score (nSPS) is 12.8. The van der Waals surface area contributed by atoms with Gasteiger partial charge in [-0.1, -0.05) is 12.1 Å². The largest absolute Gasteiger partial charge is 0.354 e. The lowest BCUT2D eigenvalue weighted by atomic mass is 10.1. The topological polar surface area (TPSA) is 76.7 Å². The quantitative estimate of drug-likeness (QED) is 0.746. The van der Waals surface area contributed by atoms with Crippen LogP contribution < -0.4 is 11.4 Å². The Kier molecular flexibility index (Phi) is 2.91. The maximum atomic E-state index is 12.1. The lowest BCUT2D eigenvalue weighted by molar-refractivity contribution is 0.816. The van der Waals surface area contributed by atoms with E-state index in [-0.39, 0.29) is 11.7 Å². The fourth-order valence-electron chi connectivity index (χ4n) is 2.25. The minimum Gasteiger partial charge on any atom is -0.343 e. The van der Waals surface area contributed by atoms with E-state index in [1.165, 1.54) is 0 Å². The number of aryl methyl sites for hydroxylation is 1. The highest BCUT2D eigenvalue weighted by Crippen LogP contribution is 2.15. The third-order valence-corrected chi connectivity index (χ3v) is 3.34. The van der Waals surface area contributed by atoms with Crippen molar-refractivity contribution in [2.24, 2.45) is 5.73 Å². The summed E-state index contributed by atoms with van der Waals surface area (Å²) in [6.45, 7) is 3.87. The first-order valence-electron chi connectivity index (χ1n) is 6.49. The number of aromatic amines is 1. The van der Waals surface area contributed by atoms with Gasteiger partial charge in [-0.2, -0.15) is 4.98 Å². The van der Waals surface area contributed by atoms with Gasteiger partial charge in [-0.15, -0.1) is 0 Å². The Labute approximate surface area is 116 Å². The molecule has 0 aliphatic rings. The van der Waals surface area contributed by atoms with Crippen molar-refractivity contribution in [2.45, 2.75) is 19.9 Å². The highest BCUT2D eigenvalue weighted by Gasteiger charge is 2.06. The van der Waals surface area contributed by atoms with Gasteiger partial charge in [0, 0.05) is 23.3 Å². The monoisotopic (exact) mass is 268 g/mol. The fourth-order valence-corrected chi connectivity index (χ4v) is 2.25. The van der Waals surface area contributed by atoms with Crippen molar-refractivity contribution in [3.05, 3.63) is 58.3 Å². The van der Waals surface area contributed by atoms with Crippen LogP contribution in [0.5, 0.6) is 0 Å². The van der Waals surface area contributed by atoms with Crippen LogP contribution in [0.3, 0.4) is 0 Å². The van der Waals surface area contributed by atoms with Gasteiger partial charge in [0.05, 0.1) is 5.69 Å². The molecule has 0 amide bonds. The summed E-state index contributed by atoms with van der Waals surface area (Å²) in [6.07, 6.45) is 1.80. The van der Waals surface area contributed by atoms with E-state index in [0.29, 0.717) is 5.65 Å². The summed E-state index contributed by atoms with van der Waals surface area (Å²) < 4.78 is 1.54. The average molecular weight is 268 g/mol. The van der Waals surface area contributed by atoms with Crippen LogP contribution in [0.25, 0.3) is 16.7 Å². The molecule has 3 N–H and O–H groups in total. The van der Waals surface area contributed by atoms with Gasteiger partial charge in [0.15, 0.2) is 0 Å². The number of aromatic nitrogens is 3. The number of rotatable bonds is 2. The maximum absolute atomic E-state index is 12.1. The molecule has 3 aromatic rings. The van der Waals surface area contributed by atoms with Crippen molar-refractivity contribution < 1.29 is 0 Å². The first-order valence-corrected chi connectivity index (χ1v) is 6.49. The van der Waals surface area contributed by atoms with Gasteiger partial charge in [0.1, 0.15) is 5.65 Å². The molecule has 1 unspecified atom stereocenters. The van der Waals surface area contributed by atoms with Crippen LogP contribution in [0.15, 0.2) is 41.3 Å². The SMILES string of the molecule is Cc1cc2cn(-c3ccc(C(C)N)cc3)c(=O)nc2[nH]1. The third-order valence-electron chi connectivity index (χ3n) is 3.34. The van der Waals surface area contributed by atoms with E-state index in [2.05, 4.69) is 9.97 Å². The Hall–Kier alpha value is -2.40. The number of hydrogen-bond acceptors (Lipinski definition) is 3. The molecule has 5 nitrogen and oxygen atoms in total. The van der Waals surface area contributed by atoms with Crippen LogP contribution in [0.4, 0.5) is 0 Å². The predicted molar refractivity (Wildman–Crippen MR) is 79.0 cm³/mol. The standard InChI is InChI=1S/C15H16N4O/c1-9-7-12-8-19(15(20)18-14(12)17-9)13-5-3-11(4-6-13)10(2)16/h3-8,10H,16H2,1-2H3,(H,17,18,20). The summed E-state index contributed by atoms with van der Waals surface area (Å²) in [4.78, 5) is 19.2. The molecule has 5 heteroatoms. The summed E-state index contributed by atoms with van der Waals surface area (Å²) in [5.41, 5.74) is 8.95. The zero-order valence-corrected chi connectivity index (χ0v) is 11.4. The molecule has 1 atom stereocenters. The second kappa shape index (κ2) is 4.61. The van der Waals surface area contributed by atoms with Crippen LogP contribution in [0.1, 0.15) is 24.2 Å². The molecule has 2 aromatic heterocycles. The van der Waals surface area contributed by atoms with Crippen LogP contribution >= 0.6 is 0 Å². The first-order chi connectivity index (χ1) is 9.54. The number of H-pyrrole nitrogens is 1. The second-order valence-corrected chi connectivity index (χ2v) is 5.03. The van der Waals surface area contributed by atoms with Gasteiger partial charge in [-0.05, 0) is 37.6 Å². The van der Waals surface area contributed by atoms with Crippen molar-refractivity contribution in [3.8, 4) is 5.69 Å². The molecule has 0 saturated carbocycles. The first kappa shape index (κ1) is 12.6. The van der Waals surface area contributed by atoms with E-state index in [1.54, 1.807) is 10.8 Å². The zero-order chi connectivity index (χ0) is 14.3. The number of nitrogens with one attached hydrogen (secondary N) is 1. The number of hydrogen-bond donors (Lipinski definition) is 2. The average Bonchev–Trinajstić information content (AvgIpc) is 2.77. The Morgan fingerprint density at radius 1 is 1.30 bits per heavy atom. The van der Waals surface area contributed by atoms with Gasteiger partial charge in [0.2, 0.25) is 0 Å². The van der Waals surface area contributed by atoms with Crippen molar-refractivity contribution in [1.29, 1.82) is 0 Å². The smallest absolute Gasteiger partial charge is 0.343 e. The molecule has 0 aliphatic carbocycles. The van der Waals surface area contributed by atoms with Crippen LogP contribution in [0, 0.1) is 6.92 Å². The highest BCUT2D eigenvalue weighted by atomic mass is 16.1. The fraction of sp³-hybridized carbons (Fsp3) is 0.200. The number of fused-ring (bicyclic) bond motifs is 1. The summed E-state index contributed by atoms with van der Waals surface area (Å²) >= 11 is 0. The van der Waals surface area contributed by atoms with Crippen molar-refractivity contribution in [2.75, 3.05) is 0 Å². The zero-order valence-electron chi connectivity index (χ0n) is 11.4. The Morgan fingerprint density at radius 3 is 2.65 bits per heavy atom. The minimum atomic E-state index is -0.298. The molecule has 20 heavy (non-hydrogen) atoms. The Bertz CT molecular complexity index is 812. The summed E-state index contributed by atoms with van der Waals surface area (Å²) in [7, 11) is 0. The van der Waals surface area contributed by atoms with Gasteiger partial charge in [-0.25, -0.2) is 4.79 Å². The second-order valence-electron chi connectivity index (χ2n) is 5.03. The molecular formula is C15H16N4O. The van der Waals surface area contributed by atoms with Gasteiger partial charge < -0.3 is 10.7 Å². The minimum absolute atomic E-state index is 0.0197. The molecule has 0 fully saturated rings. The van der Waals surface area contributed by atoms with Crippen molar-refractivity contribution in [3.63, 3.8) is 0 Å². The maximum Gasteiger partial charge on any atom is 0.354 e. The van der Waals surface area contributed by atoms with Gasteiger partial charge in [0.25, 0.3) is 0 Å². The Balaban J connectivity index is 2.13. The van der Waals surface area contributed by atoms with E-state index in [9.17, 15) is 4.79 Å². The molecule has 0 spiro atoms. The molecule has 1 aromatic carbocycles. The van der Waals surface area contributed by atoms with Crippen LogP contribution in [0.2, 0.25) is 0 Å². The highest BCUT2D eigenvalue weighted by molar-refractivity contribution is 5.75. The van der Waals surface area contributed by atoms with E-state index in [0.717, 1.165) is 22.3 Å². The van der Waals surface area contributed by atoms with E-state index in [4.69, 9.17) is 5.73 Å². The predicted octanol–water partition coefficient (Wildman–Crippen LogP) is 2.04. The van der Waals surface area contributed by atoms with Gasteiger partial charge >= 0.3 is 5.69 Å². The van der Waals surface area contributed by atoms with Crippen LogP contribution in [-0.4, -0.2) is 14.5 Å². The number of nitrogens with zero attached hydrogens (tertiary/aromatic N) is 2. The lowest BCUT2D eigenvalue weighted by Gasteiger charge is -2.08. The molecule has 0 aliphatic heterocycles. The molecular weight excluding hydrogens is 252 g/mol. The summed E-state index contributed by atoms with van der Waals surface area (Å²) in [6, 6.07) is 9.57. The number of benzene rings is 1. The Morgan fingerprint density at radius 2 is 2.00 bits per heavy atom.